The molecule has 29 heavy (non-hydrogen) atoms. The monoisotopic (exact) mass is 464 g/mol. The molecule has 0 aliphatic heterocycles. The highest BCUT2D eigenvalue weighted by atomic mass is 79.9. The van der Waals surface area contributed by atoms with E-state index < -0.39 is 17.6 Å². The molecule has 2 aromatic rings. The molecule has 7 nitrogen and oxygen atoms in total. The fourth-order valence-corrected chi connectivity index (χ4v) is 2.69. The lowest BCUT2D eigenvalue weighted by atomic mass is 9.95. The van der Waals surface area contributed by atoms with Gasteiger partial charge in [-0.1, -0.05) is 28.1 Å². The summed E-state index contributed by atoms with van der Waals surface area (Å²) in [6, 6.07) is 11.6. The second-order valence-electron chi connectivity index (χ2n) is 6.72. The Balaban J connectivity index is 1.87. The van der Waals surface area contributed by atoms with E-state index in [1.807, 2.05) is 0 Å². The molecule has 154 valence electrons. The Morgan fingerprint density at radius 1 is 1.14 bits per heavy atom. The largest absolute Gasteiger partial charge is 0.338 e. The smallest absolute Gasteiger partial charge is 0.325 e. The van der Waals surface area contributed by atoms with Gasteiger partial charge in [-0.15, -0.1) is 0 Å². The highest BCUT2D eigenvalue weighted by Gasteiger charge is 2.27. The van der Waals surface area contributed by atoms with Crippen molar-refractivity contribution in [3.8, 4) is 0 Å². The second-order valence-corrected chi connectivity index (χ2v) is 7.64. The van der Waals surface area contributed by atoms with Gasteiger partial charge in [0.25, 0.3) is 0 Å². The average molecular weight is 465 g/mol. The molecule has 0 bridgehead atoms. The number of nitrogens with zero attached hydrogens (tertiary/aromatic N) is 1. The number of urea groups is 2. The van der Waals surface area contributed by atoms with Gasteiger partial charge < -0.3 is 15.4 Å². The Labute approximate surface area is 176 Å². The molecular weight excluding hydrogens is 443 g/mol. The summed E-state index contributed by atoms with van der Waals surface area (Å²) in [6.07, 6.45) is 1.42. The van der Waals surface area contributed by atoms with E-state index in [9.17, 15) is 18.8 Å². The van der Waals surface area contributed by atoms with Gasteiger partial charge in [-0.3, -0.25) is 0 Å². The van der Waals surface area contributed by atoms with Gasteiger partial charge in [0.2, 0.25) is 0 Å². The average Bonchev–Trinajstić information content (AvgIpc) is 2.69. The number of hydrazine groups is 1. The maximum atomic E-state index is 13.0. The van der Waals surface area contributed by atoms with Crippen molar-refractivity contribution in [2.45, 2.75) is 25.3 Å². The Hall–Kier alpha value is -2.94. The normalized spacial score (nSPS) is 12.4. The number of aldehydes is 1. The van der Waals surface area contributed by atoms with Crippen molar-refractivity contribution in [3.63, 3.8) is 0 Å². The minimum atomic E-state index is -1.15. The molecular formula is C20H22BrFN4O3. The van der Waals surface area contributed by atoms with E-state index in [2.05, 4.69) is 32.0 Å². The Morgan fingerprint density at radius 3 is 2.34 bits per heavy atom. The van der Waals surface area contributed by atoms with Crippen LogP contribution in [-0.2, 0) is 11.2 Å². The number of nitrogens with one attached hydrogen (secondary N) is 3. The number of benzene rings is 2. The first kappa shape index (κ1) is 22.4. The first-order chi connectivity index (χ1) is 13.7. The van der Waals surface area contributed by atoms with Crippen molar-refractivity contribution in [2.75, 3.05) is 12.4 Å². The summed E-state index contributed by atoms with van der Waals surface area (Å²) in [5.41, 5.74) is 2.62. The Kier molecular flexibility index (Phi) is 7.72. The predicted octanol–water partition coefficient (Wildman–Crippen LogP) is 3.86. The van der Waals surface area contributed by atoms with Crippen LogP contribution >= 0.6 is 15.9 Å². The molecule has 0 heterocycles. The molecule has 2 rings (SSSR count). The van der Waals surface area contributed by atoms with Crippen LogP contribution in [0.1, 0.15) is 18.9 Å². The summed E-state index contributed by atoms with van der Waals surface area (Å²) in [5, 5.41) is 6.14. The van der Waals surface area contributed by atoms with E-state index in [1.54, 1.807) is 43.3 Å². The lowest BCUT2D eigenvalue weighted by molar-refractivity contribution is -0.112. The van der Waals surface area contributed by atoms with Crippen LogP contribution in [0, 0.1) is 5.82 Å². The number of hydrogen-bond acceptors (Lipinski definition) is 3. The van der Waals surface area contributed by atoms with Crippen molar-refractivity contribution >= 4 is 40.0 Å². The first-order valence-electron chi connectivity index (χ1n) is 8.80. The van der Waals surface area contributed by atoms with Crippen LogP contribution in [0.4, 0.5) is 19.7 Å². The summed E-state index contributed by atoms with van der Waals surface area (Å²) in [5.74, 6) is -0.339. The predicted molar refractivity (Wildman–Crippen MR) is 112 cm³/mol. The van der Waals surface area contributed by atoms with Crippen LogP contribution in [0.5, 0.6) is 0 Å². The third-order valence-electron chi connectivity index (χ3n) is 4.17. The fraction of sp³-hybridized carbons (Fsp3) is 0.250. The summed E-state index contributed by atoms with van der Waals surface area (Å²) >= 11 is 3.30. The number of hydrogen-bond donors (Lipinski definition) is 3. The number of carbonyl (C=O) groups is 3. The zero-order valence-electron chi connectivity index (χ0n) is 16.0. The van der Waals surface area contributed by atoms with Gasteiger partial charge in [0.1, 0.15) is 12.1 Å². The van der Waals surface area contributed by atoms with Gasteiger partial charge in [0, 0.05) is 17.2 Å². The molecule has 0 radical (unpaired) electrons. The summed E-state index contributed by atoms with van der Waals surface area (Å²) in [4.78, 5) is 35.9. The topological polar surface area (TPSA) is 90.5 Å². The highest BCUT2D eigenvalue weighted by Crippen LogP contribution is 2.15. The van der Waals surface area contributed by atoms with Crippen molar-refractivity contribution in [1.29, 1.82) is 0 Å². The van der Waals surface area contributed by atoms with E-state index in [4.69, 9.17) is 0 Å². The molecule has 2 aromatic carbocycles. The first-order valence-corrected chi connectivity index (χ1v) is 9.60. The van der Waals surface area contributed by atoms with Crippen molar-refractivity contribution in [3.05, 3.63) is 64.4 Å². The van der Waals surface area contributed by atoms with Crippen LogP contribution in [0.3, 0.4) is 0 Å². The van der Waals surface area contributed by atoms with Crippen molar-refractivity contribution < 1.29 is 18.8 Å². The van der Waals surface area contributed by atoms with Gasteiger partial charge in [-0.25, -0.2) is 24.4 Å². The summed E-state index contributed by atoms with van der Waals surface area (Å²) in [7, 11) is 1.36. The minimum absolute atomic E-state index is 0.312. The molecule has 1 atom stereocenters. The molecule has 0 spiro atoms. The molecule has 0 aromatic heterocycles. The van der Waals surface area contributed by atoms with Gasteiger partial charge in [0.15, 0.2) is 0 Å². The SMILES string of the molecule is CN(NC(=O)Nc1ccc(Br)cc1)C(=O)NC(C)(C=O)CCc1ccc(F)cc1. The molecule has 0 aliphatic carbocycles. The summed E-state index contributed by atoms with van der Waals surface area (Å²) < 4.78 is 13.9. The molecule has 4 amide bonds. The maximum Gasteiger partial charge on any atom is 0.338 e. The van der Waals surface area contributed by atoms with E-state index >= 15 is 0 Å². The Bertz CT molecular complexity index is 861. The maximum absolute atomic E-state index is 13.0. The van der Waals surface area contributed by atoms with E-state index in [1.165, 1.54) is 19.2 Å². The highest BCUT2D eigenvalue weighted by molar-refractivity contribution is 9.10. The number of halogens is 2. The van der Waals surface area contributed by atoms with Crippen LogP contribution in [0.15, 0.2) is 53.0 Å². The lowest BCUT2D eigenvalue weighted by Crippen LogP contribution is -2.56. The van der Waals surface area contributed by atoms with Crippen LogP contribution in [0.25, 0.3) is 0 Å². The number of rotatable bonds is 6. The molecule has 1 unspecified atom stereocenters. The van der Waals surface area contributed by atoms with E-state index in [0.29, 0.717) is 24.8 Å². The van der Waals surface area contributed by atoms with Gasteiger partial charge in [-0.05, 0) is 61.7 Å². The van der Waals surface area contributed by atoms with Gasteiger partial charge in [0.05, 0.1) is 5.54 Å². The summed E-state index contributed by atoms with van der Waals surface area (Å²) in [6.45, 7) is 1.58. The number of aryl methyl sites for hydroxylation is 1. The molecule has 0 aliphatic rings. The number of anilines is 1. The zero-order valence-corrected chi connectivity index (χ0v) is 17.6. The fourth-order valence-electron chi connectivity index (χ4n) is 2.43. The van der Waals surface area contributed by atoms with Crippen molar-refractivity contribution in [2.24, 2.45) is 0 Å². The third kappa shape index (κ3) is 7.19. The van der Waals surface area contributed by atoms with E-state index in [-0.39, 0.29) is 5.82 Å². The minimum Gasteiger partial charge on any atom is -0.325 e. The molecule has 0 fully saturated rings. The second kappa shape index (κ2) is 10.0. The van der Waals surface area contributed by atoms with Crippen LogP contribution in [-0.4, -0.2) is 35.9 Å². The molecule has 9 heteroatoms. The zero-order chi connectivity index (χ0) is 21.4. The van der Waals surface area contributed by atoms with Gasteiger partial charge >= 0.3 is 12.1 Å². The van der Waals surface area contributed by atoms with E-state index in [0.717, 1.165) is 15.0 Å². The Morgan fingerprint density at radius 2 is 1.76 bits per heavy atom. The quantitative estimate of drug-likeness (QED) is 0.447. The molecule has 3 N–H and O–H groups in total. The van der Waals surface area contributed by atoms with Crippen LogP contribution < -0.4 is 16.1 Å². The number of amides is 4. The molecule has 0 saturated heterocycles. The standard InChI is InChI=1S/C20H22BrFN4O3/c1-20(13-27,12-11-14-3-7-16(22)8-4-14)24-19(29)26(2)25-18(28)23-17-9-5-15(21)6-10-17/h3-10,13H,11-12H2,1-2H3,(H,24,29)(H2,23,25,28). The number of carbonyl (C=O) groups excluding carboxylic acids is 3. The third-order valence-corrected chi connectivity index (χ3v) is 4.70. The lowest BCUT2D eigenvalue weighted by Gasteiger charge is -2.28. The van der Waals surface area contributed by atoms with Crippen molar-refractivity contribution in [1.82, 2.24) is 15.8 Å². The molecule has 0 saturated carbocycles. The van der Waals surface area contributed by atoms with Gasteiger partial charge in [-0.2, -0.15) is 0 Å². The van der Waals surface area contributed by atoms with Crippen LogP contribution in [0.2, 0.25) is 0 Å².